The quantitative estimate of drug-likeness (QED) is 0.251. The van der Waals surface area contributed by atoms with Crippen LogP contribution in [-0.2, 0) is 5.41 Å². The molecule has 5 rings (SSSR count). The number of fused-ring (bicyclic) bond motifs is 1. The maximum Gasteiger partial charge on any atom is 0.323 e. The average Bonchev–Trinajstić information content (AvgIpc) is 3.49. The lowest BCUT2D eigenvalue weighted by Crippen LogP contribution is -2.34. The predicted octanol–water partition coefficient (Wildman–Crippen LogP) is 6.75. The molecular formula is C34H39N5O4. The summed E-state index contributed by atoms with van der Waals surface area (Å²) in [6.07, 6.45) is 2.53. The Hall–Kier alpha value is -4.63. The molecule has 2 N–H and O–H groups in total. The molecule has 1 fully saturated rings. The van der Waals surface area contributed by atoms with Gasteiger partial charge in [-0.2, -0.15) is 0 Å². The number of benzene rings is 3. The molecule has 1 atom stereocenters. The second-order valence-corrected chi connectivity index (χ2v) is 12.0. The number of aromatic nitrogens is 1. The lowest BCUT2D eigenvalue weighted by atomic mass is 9.87. The number of methoxy groups -OCH3 is 1. The lowest BCUT2D eigenvalue weighted by Gasteiger charge is -2.21. The third-order valence-electron chi connectivity index (χ3n) is 7.81. The first-order valence-corrected chi connectivity index (χ1v) is 14.4. The summed E-state index contributed by atoms with van der Waals surface area (Å²) in [7, 11) is 5.65. The van der Waals surface area contributed by atoms with Crippen molar-refractivity contribution in [2.24, 2.45) is 0 Å². The summed E-state index contributed by atoms with van der Waals surface area (Å²) >= 11 is 0. The van der Waals surface area contributed by atoms with Crippen LogP contribution in [0.2, 0.25) is 0 Å². The Kier molecular flexibility index (Phi) is 8.54. The molecule has 43 heavy (non-hydrogen) atoms. The van der Waals surface area contributed by atoms with Crippen molar-refractivity contribution in [3.63, 3.8) is 0 Å². The molecule has 0 spiro atoms. The van der Waals surface area contributed by atoms with Crippen molar-refractivity contribution in [1.29, 1.82) is 0 Å². The van der Waals surface area contributed by atoms with Crippen LogP contribution >= 0.6 is 0 Å². The molecule has 0 radical (unpaired) electrons. The molecule has 2 heterocycles. The molecule has 1 aliphatic rings. The number of hydrogen-bond acceptors (Lipinski definition) is 6. The number of urea groups is 1. The molecule has 1 aromatic heterocycles. The van der Waals surface area contributed by atoms with E-state index in [2.05, 4.69) is 41.3 Å². The molecular weight excluding hydrogens is 542 g/mol. The van der Waals surface area contributed by atoms with Crippen LogP contribution in [0.5, 0.6) is 17.2 Å². The number of hydrogen-bond donors (Lipinski definition) is 2. The third kappa shape index (κ3) is 6.73. The molecule has 3 amide bonds. The molecule has 0 bridgehead atoms. The molecule has 1 aliphatic heterocycles. The number of likely N-dealkylation sites (tertiary alicyclic amines) is 1. The molecule has 0 aliphatic carbocycles. The fourth-order valence-corrected chi connectivity index (χ4v) is 5.25. The molecule has 0 saturated carbocycles. The van der Waals surface area contributed by atoms with Gasteiger partial charge in [-0.05, 0) is 61.8 Å². The first-order valence-electron chi connectivity index (χ1n) is 14.4. The van der Waals surface area contributed by atoms with Gasteiger partial charge in [-0.15, -0.1) is 0 Å². The standard InChI is InChI=1S/C34H39N5O4/c1-34(2,3)22-11-13-31(42-6)28(19-22)37-33(41)36-27-12-14-30(26-10-8-7-9-25(26)27)43-24-15-17-35-29(20-24)32(40)39-18-16-23(21-39)38(4)5/h7-15,17,19-20,23H,16,18,21H2,1-6H3,(H2,36,37,41)/t23-/m1/s1. The van der Waals surface area contributed by atoms with E-state index in [1.54, 1.807) is 31.5 Å². The lowest BCUT2D eigenvalue weighted by molar-refractivity contribution is 0.0777. The van der Waals surface area contributed by atoms with Crippen molar-refractivity contribution in [3.05, 3.63) is 84.2 Å². The fourth-order valence-electron chi connectivity index (χ4n) is 5.25. The van der Waals surface area contributed by atoms with Crippen LogP contribution in [0.4, 0.5) is 16.2 Å². The Morgan fingerprint density at radius 2 is 1.65 bits per heavy atom. The van der Waals surface area contributed by atoms with Crippen LogP contribution < -0.4 is 20.1 Å². The van der Waals surface area contributed by atoms with Gasteiger partial charge in [-0.25, -0.2) is 4.79 Å². The highest BCUT2D eigenvalue weighted by Gasteiger charge is 2.29. The van der Waals surface area contributed by atoms with E-state index in [4.69, 9.17) is 9.47 Å². The minimum Gasteiger partial charge on any atom is -0.495 e. The van der Waals surface area contributed by atoms with Crippen LogP contribution in [0.1, 0.15) is 43.2 Å². The van der Waals surface area contributed by atoms with E-state index in [9.17, 15) is 9.59 Å². The second kappa shape index (κ2) is 12.3. The van der Waals surface area contributed by atoms with Crippen LogP contribution in [-0.4, -0.2) is 67.1 Å². The van der Waals surface area contributed by atoms with Crippen molar-refractivity contribution < 1.29 is 19.1 Å². The summed E-state index contributed by atoms with van der Waals surface area (Å²) in [5, 5.41) is 7.53. The summed E-state index contributed by atoms with van der Waals surface area (Å²) in [6.45, 7) is 7.74. The van der Waals surface area contributed by atoms with Gasteiger partial charge in [-0.1, -0.05) is 51.1 Å². The van der Waals surface area contributed by atoms with E-state index < -0.39 is 0 Å². The smallest absolute Gasteiger partial charge is 0.323 e. The first kappa shape index (κ1) is 29.8. The number of nitrogens with zero attached hydrogens (tertiary/aromatic N) is 3. The van der Waals surface area contributed by atoms with Gasteiger partial charge in [0, 0.05) is 42.2 Å². The van der Waals surface area contributed by atoms with Crippen LogP contribution in [0.3, 0.4) is 0 Å². The molecule has 1 saturated heterocycles. The molecule has 4 aromatic rings. The highest BCUT2D eigenvalue weighted by molar-refractivity contribution is 6.08. The normalized spacial score (nSPS) is 15.0. The molecule has 224 valence electrons. The zero-order chi connectivity index (χ0) is 30.7. The highest BCUT2D eigenvalue weighted by Crippen LogP contribution is 2.35. The van der Waals surface area contributed by atoms with Gasteiger partial charge in [-0.3, -0.25) is 9.78 Å². The van der Waals surface area contributed by atoms with Crippen molar-refractivity contribution >= 4 is 34.1 Å². The Balaban J connectivity index is 1.34. The highest BCUT2D eigenvalue weighted by atomic mass is 16.5. The zero-order valence-electron chi connectivity index (χ0n) is 25.6. The van der Waals surface area contributed by atoms with Crippen molar-refractivity contribution in [3.8, 4) is 17.2 Å². The number of nitrogens with one attached hydrogen (secondary N) is 2. The van der Waals surface area contributed by atoms with E-state index in [1.807, 2.05) is 67.5 Å². The van der Waals surface area contributed by atoms with Crippen LogP contribution in [0.25, 0.3) is 10.8 Å². The molecule has 3 aromatic carbocycles. The van der Waals surface area contributed by atoms with E-state index in [0.717, 1.165) is 22.8 Å². The monoisotopic (exact) mass is 581 g/mol. The van der Waals surface area contributed by atoms with E-state index in [-0.39, 0.29) is 17.4 Å². The SMILES string of the molecule is COc1ccc(C(C)(C)C)cc1NC(=O)Nc1ccc(Oc2ccnc(C(=O)N3CC[C@@H](N(C)C)C3)c2)c2ccccc12. The van der Waals surface area contributed by atoms with Crippen LogP contribution in [0.15, 0.2) is 72.9 Å². The van der Waals surface area contributed by atoms with Gasteiger partial charge < -0.3 is 29.9 Å². The van der Waals surface area contributed by atoms with E-state index >= 15 is 0 Å². The average molecular weight is 582 g/mol. The largest absolute Gasteiger partial charge is 0.495 e. The Morgan fingerprint density at radius 3 is 2.35 bits per heavy atom. The minimum absolute atomic E-state index is 0.0859. The number of amides is 3. The van der Waals surface area contributed by atoms with Crippen molar-refractivity contribution in [2.45, 2.75) is 38.6 Å². The molecule has 9 heteroatoms. The number of pyridine rings is 1. The van der Waals surface area contributed by atoms with Crippen molar-refractivity contribution in [1.82, 2.24) is 14.8 Å². The Bertz CT molecular complexity index is 1650. The summed E-state index contributed by atoms with van der Waals surface area (Å²) in [4.78, 5) is 34.6. The Labute approximate surface area is 252 Å². The number of carbonyl (C=O) groups excluding carboxylic acids is 2. The number of rotatable bonds is 7. The molecule has 0 unspecified atom stereocenters. The summed E-state index contributed by atoms with van der Waals surface area (Å²) in [5.41, 5.74) is 2.56. The zero-order valence-corrected chi connectivity index (χ0v) is 25.6. The second-order valence-electron chi connectivity index (χ2n) is 12.0. The van der Waals surface area contributed by atoms with Gasteiger partial charge in [0.2, 0.25) is 0 Å². The summed E-state index contributed by atoms with van der Waals surface area (Å²) in [5.74, 6) is 1.58. The number of ether oxygens (including phenoxy) is 2. The van der Waals surface area contributed by atoms with Gasteiger partial charge in [0.1, 0.15) is 22.9 Å². The van der Waals surface area contributed by atoms with E-state index in [0.29, 0.717) is 53.4 Å². The summed E-state index contributed by atoms with van der Waals surface area (Å²) < 4.78 is 11.8. The van der Waals surface area contributed by atoms with E-state index in [1.165, 1.54) is 0 Å². The first-order chi connectivity index (χ1) is 20.5. The third-order valence-corrected chi connectivity index (χ3v) is 7.81. The Morgan fingerprint density at radius 1 is 0.930 bits per heavy atom. The number of likely N-dealkylation sites (N-methyl/N-ethyl adjacent to an activating group) is 1. The van der Waals surface area contributed by atoms with Gasteiger partial charge in [0.25, 0.3) is 5.91 Å². The van der Waals surface area contributed by atoms with Gasteiger partial charge >= 0.3 is 6.03 Å². The van der Waals surface area contributed by atoms with Crippen molar-refractivity contribution in [2.75, 3.05) is 44.9 Å². The topological polar surface area (TPSA) is 96.0 Å². The van der Waals surface area contributed by atoms with Crippen LogP contribution in [0, 0.1) is 0 Å². The van der Waals surface area contributed by atoms with Gasteiger partial charge in [0.05, 0.1) is 18.5 Å². The number of anilines is 2. The summed E-state index contributed by atoms with van der Waals surface area (Å²) in [6, 6.07) is 20.5. The fraction of sp³-hybridized carbons (Fsp3) is 0.324. The predicted molar refractivity (Wildman–Crippen MR) is 171 cm³/mol. The maximum absolute atomic E-state index is 13.2. The maximum atomic E-state index is 13.2. The minimum atomic E-state index is -0.390. The molecule has 9 nitrogen and oxygen atoms in total. The number of carbonyl (C=O) groups is 2. The van der Waals surface area contributed by atoms with Gasteiger partial charge in [0.15, 0.2) is 0 Å².